The van der Waals surface area contributed by atoms with E-state index in [1.807, 2.05) is 19.1 Å². The van der Waals surface area contributed by atoms with E-state index in [0.29, 0.717) is 5.75 Å². The highest BCUT2D eigenvalue weighted by Gasteiger charge is 2.08. The number of aliphatic hydroxyl groups is 2. The number of methoxy groups -OCH3 is 1. The lowest BCUT2D eigenvalue weighted by atomic mass is 10.1. The zero-order valence-corrected chi connectivity index (χ0v) is 10.5. The average Bonchev–Trinajstić information content (AvgIpc) is 2.27. The van der Waals surface area contributed by atoms with Crippen LogP contribution in [0.3, 0.4) is 0 Å². The maximum absolute atomic E-state index is 9.45. The van der Waals surface area contributed by atoms with Crippen molar-refractivity contribution < 1.29 is 19.7 Å². The summed E-state index contributed by atoms with van der Waals surface area (Å²) in [6.07, 6.45) is -1.11. The first-order chi connectivity index (χ1) is 8.04. The smallest absolute Gasteiger partial charge is 0.122 e. The van der Waals surface area contributed by atoms with Crippen molar-refractivity contribution >= 4 is 0 Å². The van der Waals surface area contributed by atoms with Crippen molar-refractivity contribution in [2.45, 2.75) is 26.1 Å². The predicted octanol–water partition coefficient (Wildman–Crippen LogP) is 1.43. The molecule has 0 heterocycles. The van der Waals surface area contributed by atoms with Gasteiger partial charge in [0.25, 0.3) is 0 Å². The van der Waals surface area contributed by atoms with Gasteiger partial charge in [-0.25, -0.2) is 0 Å². The Kier molecular flexibility index (Phi) is 5.41. The highest BCUT2D eigenvalue weighted by molar-refractivity contribution is 5.36. The van der Waals surface area contributed by atoms with E-state index < -0.39 is 12.2 Å². The Morgan fingerprint density at radius 3 is 2.47 bits per heavy atom. The monoisotopic (exact) mass is 240 g/mol. The van der Waals surface area contributed by atoms with Gasteiger partial charge in [-0.3, -0.25) is 0 Å². The van der Waals surface area contributed by atoms with Crippen LogP contribution in [0.2, 0.25) is 0 Å². The SMILES string of the molecule is COCC(O)COc1ccc(C(C)O)cc1C. The fraction of sp³-hybridized carbons (Fsp3) is 0.538. The van der Waals surface area contributed by atoms with Crippen LogP contribution in [0.1, 0.15) is 24.2 Å². The Morgan fingerprint density at radius 1 is 1.24 bits per heavy atom. The van der Waals surface area contributed by atoms with E-state index in [1.54, 1.807) is 13.0 Å². The molecule has 2 unspecified atom stereocenters. The van der Waals surface area contributed by atoms with Crippen LogP contribution >= 0.6 is 0 Å². The molecule has 0 aromatic heterocycles. The molecule has 1 aromatic carbocycles. The van der Waals surface area contributed by atoms with E-state index in [1.165, 1.54) is 7.11 Å². The first-order valence-corrected chi connectivity index (χ1v) is 5.63. The number of hydrogen-bond donors (Lipinski definition) is 2. The second-order valence-corrected chi connectivity index (χ2v) is 4.12. The Balaban J connectivity index is 2.60. The number of ether oxygens (including phenoxy) is 2. The van der Waals surface area contributed by atoms with Crippen molar-refractivity contribution in [1.82, 2.24) is 0 Å². The number of hydrogen-bond acceptors (Lipinski definition) is 4. The molecule has 0 fully saturated rings. The summed E-state index contributed by atoms with van der Waals surface area (Å²) in [7, 11) is 1.53. The number of aliphatic hydroxyl groups excluding tert-OH is 2. The Labute approximate surface area is 102 Å². The summed E-state index contributed by atoms with van der Waals surface area (Å²) >= 11 is 0. The van der Waals surface area contributed by atoms with E-state index in [0.717, 1.165) is 11.1 Å². The molecule has 2 N–H and O–H groups in total. The zero-order valence-electron chi connectivity index (χ0n) is 10.5. The van der Waals surface area contributed by atoms with Gasteiger partial charge in [0.2, 0.25) is 0 Å². The Morgan fingerprint density at radius 2 is 1.94 bits per heavy atom. The highest BCUT2D eigenvalue weighted by atomic mass is 16.5. The number of benzene rings is 1. The van der Waals surface area contributed by atoms with Gasteiger partial charge in [-0.05, 0) is 37.1 Å². The number of rotatable bonds is 6. The second-order valence-electron chi connectivity index (χ2n) is 4.12. The van der Waals surface area contributed by atoms with Crippen LogP contribution in [0.5, 0.6) is 5.75 Å². The van der Waals surface area contributed by atoms with Crippen LogP contribution in [0.4, 0.5) is 0 Å². The van der Waals surface area contributed by atoms with Crippen molar-refractivity contribution in [3.05, 3.63) is 29.3 Å². The predicted molar refractivity (Wildman–Crippen MR) is 65.2 cm³/mol. The Hall–Kier alpha value is -1.10. The molecule has 96 valence electrons. The normalized spacial score (nSPS) is 14.4. The molecule has 0 amide bonds. The Bertz CT molecular complexity index is 349. The molecule has 0 saturated heterocycles. The van der Waals surface area contributed by atoms with E-state index >= 15 is 0 Å². The minimum atomic E-state index is -0.629. The molecule has 0 spiro atoms. The summed E-state index contributed by atoms with van der Waals surface area (Å²) in [5.74, 6) is 0.713. The van der Waals surface area contributed by atoms with Gasteiger partial charge in [-0.1, -0.05) is 6.07 Å². The molecule has 2 atom stereocenters. The van der Waals surface area contributed by atoms with Gasteiger partial charge >= 0.3 is 0 Å². The van der Waals surface area contributed by atoms with Crippen LogP contribution in [0.25, 0.3) is 0 Å². The topological polar surface area (TPSA) is 58.9 Å². The quantitative estimate of drug-likeness (QED) is 0.790. The molecular formula is C13H20O4. The molecular weight excluding hydrogens is 220 g/mol. The molecule has 0 aliphatic rings. The lowest BCUT2D eigenvalue weighted by molar-refractivity contribution is 0.0324. The minimum Gasteiger partial charge on any atom is -0.491 e. The maximum atomic E-state index is 9.45. The molecule has 1 aromatic rings. The van der Waals surface area contributed by atoms with Crippen molar-refractivity contribution in [3.63, 3.8) is 0 Å². The van der Waals surface area contributed by atoms with Crippen LogP contribution in [-0.4, -0.2) is 36.6 Å². The summed E-state index contributed by atoms with van der Waals surface area (Å²) in [5.41, 5.74) is 1.79. The molecule has 0 radical (unpaired) electrons. The summed E-state index contributed by atoms with van der Waals surface area (Å²) < 4.78 is 10.3. The molecule has 4 nitrogen and oxygen atoms in total. The molecule has 0 saturated carbocycles. The number of aryl methyl sites for hydroxylation is 1. The second kappa shape index (κ2) is 6.59. The van der Waals surface area contributed by atoms with E-state index in [2.05, 4.69) is 0 Å². The molecule has 1 rings (SSSR count). The summed E-state index contributed by atoms with van der Waals surface area (Å²) in [6, 6.07) is 5.50. The fourth-order valence-electron chi connectivity index (χ4n) is 1.52. The van der Waals surface area contributed by atoms with Crippen LogP contribution in [-0.2, 0) is 4.74 Å². The van der Waals surface area contributed by atoms with E-state index in [-0.39, 0.29) is 13.2 Å². The van der Waals surface area contributed by atoms with E-state index in [9.17, 15) is 10.2 Å². The third-order valence-electron chi connectivity index (χ3n) is 2.47. The molecule has 0 aliphatic heterocycles. The third kappa shape index (κ3) is 4.34. The van der Waals surface area contributed by atoms with Gasteiger partial charge in [0.15, 0.2) is 0 Å². The van der Waals surface area contributed by atoms with Gasteiger partial charge in [-0.15, -0.1) is 0 Å². The van der Waals surface area contributed by atoms with Crippen molar-refractivity contribution in [2.24, 2.45) is 0 Å². The standard InChI is InChI=1S/C13H20O4/c1-9-6-11(10(2)14)4-5-13(9)17-8-12(15)7-16-3/h4-6,10,12,14-15H,7-8H2,1-3H3. The van der Waals surface area contributed by atoms with Gasteiger partial charge in [0.1, 0.15) is 18.5 Å². The van der Waals surface area contributed by atoms with Gasteiger partial charge in [-0.2, -0.15) is 0 Å². The fourth-order valence-corrected chi connectivity index (χ4v) is 1.52. The largest absolute Gasteiger partial charge is 0.491 e. The highest BCUT2D eigenvalue weighted by Crippen LogP contribution is 2.22. The van der Waals surface area contributed by atoms with Gasteiger partial charge < -0.3 is 19.7 Å². The first-order valence-electron chi connectivity index (χ1n) is 5.63. The van der Waals surface area contributed by atoms with Crippen molar-refractivity contribution in [3.8, 4) is 5.75 Å². The lowest BCUT2D eigenvalue weighted by Gasteiger charge is -2.14. The zero-order chi connectivity index (χ0) is 12.8. The summed E-state index contributed by atoms with van der Waals surface area (Å²) in [6.45, 7) is 4.08. The molecule has 4 heteroatoms. The van der Waals surface area contributed by atoms with Crippen LogP contribution in [0, 0.1) is 6.92 Å². The first kappa shape index (κ1) is 14.0. The van der Waals surface area contributed by atoms with Gasteiger partial charge in [0.05, 0.1) is 12.7 Å². The van der Waals surface area contributed by atoms with Crippen LogP contribution in [0.15, 0.2) is 18.2 Å². The summed E-state index contributed by atoms with van der Waals surface area (Å²) in [4.78, 5) is 0. The van der Waals surface area contributed by atoms with Crippen LogP contribution < -0.4 is 4.74 Å². The maximum Gasteiger partial charge on any atom is 0.122 e. The molecule has 0 aliphatic carbocycles. The third-order valence-corrected chi connectivity index (χ3v) is 2.47. The van der Waals surface area contributed by atoms with Crippen molar-refractivity contribution in [1.29, 1.82) is 0 Å². The summed E-state index contributed by atoms with van der Waals surface area (Å²) in [5, 5.41) is 18.9. The van der Waals surface area contributed by atoms with E-state index in [4.69, 9.17) is 9.47 Å². The molecule has 0 bridgehead atoms. The average molecular weight is 240 g/mol. The molecule has 17 heavy (non-hydrogen) atoms. The minimum absolute atomic E-state index is 0.197. The van der Waals surface area contributed by atoms with Crippen molar-refractivity contribution in [2.75, 3.05) is 20.3 Å². The van der Waals surface area contributed by atoms with Gasteiger partial charge in [0, 0.05) is 7.11 Å². The lowest BCUT2D eigenvalue weighted by Crippen LogP contribution is -2.22.